The molecule has 0 amide bonds. The zero-order valence-corrected chi connectivity index (χ0v) is 14.9. The van der Waals surface area contributed by atoms with E-state index < -0.39 is 10.8 Å². The molecule has 17 heavy (non-hydrogen) atoms. The summed E-state index contributed by atoms with van der Waals surface area (Å²) in [6, 6.07) is 8.71. The van der Waals surface area contributed by atoms with Crippen LogP contribution in [0.1, 0.15) is 30.9 Å². The van der Waals surface area contributed by atoms with E-state index in [0.717, 1.165) is 0 Å². The van der Waals surface area contributed by atoms with Crippen molar-refractivity contribution in [2.45, 2.75) is 26.7 Å². The van der Waals surface area contributed by atoms with E-state index in [1.807, 2.05) is 0 Å². The summed E-state index contributed by atoms with van der Waals surface area (Å²) in [6.07, 6.45) is 3.28. The molecule has 0 atom stereocenters. The van der Waals surface area contributed by atoms with E-state index in [-0.39, 0.29) is 15.1 Å². The molecule has 0 aliphatic carbocycles. The summed E-state index contributed by atoms with van der Waals surface area (Å²) < 4.78 is 9.56. The van der Waals surface area contributed by atoms with Crippen molar-refractivity contribution in [2.24, 2.45) is 0 Å². The molecule has 5 heteroatoms. The molecule has 0 fully saturated rings. The standard InChI is InChI=1S/C10H14.C2H6OS.2ClH.Ru/c1-8(2)10-6-4-9(3)5-7-10;1-4(2)3;;;/h4-8H,1-3H3;1-2H3;2*1H;/q;;;;+2/p-2. The number of halogens is 2. The second kappa shape index (κ2) is 13.0. The molecule has 1 aromatic rings. The monoisotopic (exact) mass is 384 g/mol. The Hall–Kier alpha value is 0.573. The molecule has 0 unspecified atom stereocenters. The van der Waals surface area contributed by atoms with E-state index >= 15 is 0 Å². The van der Waals surface area contributed by atoms with Crippen molar-refractivity contribution in [3.63, 3.8) is 0 Å². The molecule has 0 aromatic heterocycles. The quantitative estimate of drug-likeness (QED) is 0.652. The van der Waals surface area contributed by atoms with Gasteiger partial charge in [0.05, 0.1) is 0 Å². The molecule has 1 nitrogen and oxygen atoms in total. The Balaban J connectivity index is 0. The van der Waals surface area contributed by atoms with Gasteiger partial charge in [0.15, 0.2) is 0 Å². The summed E-state index contributed by atoms with van der Waals surface area (Å²) >= 11 is -0.346. The zero-order valence-electron chi connectivity index (χ0n) is 10.8. The first-order chi connectivity index (χ1) is 7.84. The van der Waals surface area contributed by atoms with Crippen molar-refractivity contribution < 1.29 is 19.4 Å². The van der Waals surface area contributed by atoms with Crippen LogP contribution in [0, 0.1) is 6.92 Å². The van der Waals surface area contributed by atoms with Gasteiger partial charge in [-0.1, -0.05) is 43.7 Å². The Bertz CT molecular complexity index is 298. The van der Waals surface area contributed by atoms with Crippen molar-refractivity contribution in [3.05, 3.63) is 35.4 Å². The Morgan fingerprint density at radius 3 is 1.65 bits per heavy atom. The van der Waals surface area contributed by atoms with Crippen LogP contribution in [0.15, 0.2) is 24.3 Å². The van der Waals surface area contributed by atoms with Crippen LogP contribution in [0.4, 0.5) is 0 Å². The van der Waals surface area contributed by atoms with Gasteiger partial charge >= 0.3 is 34.5 Å². The maximum atomic E-state index is 9.56. The third-order valence-electron chi connectivity index (χ3n) is 1.74. The molecular formula is C12H20Cl2ORuS. The summed E-state index contributed by atoms with van der Waals surface area (Å²) in [6.45, 7) is 6.54. The van der Waals surface area contributed by atoms with Gasteiger partial charge in [-0.05, 0) is 18.4 Å². The maximum absolute atomic E-state index is 9.56. The van der Waals surface area contributed by atoms with Crippen LogP contribution in [0.25, 0.3) is 0 Å². The van der Waals surface area contributed by atoms with Crippen LogP contribution < -0.4 is 0 Å². The van der Waals surface area contributed by atoms with E-state index in [2.05, 4.69) is 45.0 Å². The van der Waals surface area contributed by atoms with Gasteiger partial charge in [0.1, 0.15) is 0 Å². The summed E-state index contributed by atoms with van der Waals surface area (Å²) in [5.41, 5.74) is 2.76. The van der Waals surface area contributed by atoms with E-state index in [4.69, 9.17) is 19.4 Å². The SMILES string of the molecule is CS(C)=O.Cc1ccc(C(C)C)cc1.[Cl][Ru][Cl]. The van der Waals surface area contributed by atoms with Gasteiger partial charge in [-0.25, -0.2) is 0 Å². The van der Waals surface area contributed by atoms with Crippen LogP contribution in [0.3, 0.4) is 0 Å². The second-order valence-electron chi connectivity index (χ2n) is 3.86. The second-order valence-corrected chi connectivity index (χ2v) is 7.98. The van der Waals surface area contributed by atoms with Crippen molar-refractivity contribution >= 4 is 30.2 Å². The fraction of sp³-hybridized carbons (Fsp3) is 0.500. The van der Waals surface area contributed by atoms with Crippen molar-refractivity contribution in [1.29, 1.82) is 0 Å². The van der Waals surface area contributed by atoms with Gasteiger partial charge in [-0.2, -0.15) is 0 Å². The number of hydrogen-bond acceptors (Lipinski definition) is 1. The molecule has 0 N–H and O–H groups in total. The number of hydrogen-bond donors (Lipinski definition) is 0. The number of benzene rings is 1. The first kappa shape index (κ1) is 19.9. The van der Waals surface area contributed by atoms with Crippen LogP contribution in [-0.2, 0) is 25.9 Å². The van der Waals surface area contributed by atoms with Crippen LogP contribution >= 0.6 is 19.4 Å². The molecule has 0 aliphatic heterocycles. The van der Waals surface area contributed by atoms with E-state index in [9.17, 15) is 4.21 Å². The molecule has 0 spiro atoms. The summed E-state index contributed by atoms with van der Waals surface area (Å²) in [5, 5.41) is 0. The Morgan fingerprint density at radius 1 is 1.12 bits per heavy atom. The third-order valence-corrected chi connectivity index (χ3v) is 1.74. The molecule has 102 valence electrons. The first-order valence-electron chi connectivity index (χ1n) is 5.02. The van der Waals surface area contributed by atoms with E-state index in [1.54, 1.807) is 12.5 Å². The number of rotatable bonds is 1. The molecule has 0 bridgehead atoms. The first-order valence-corrected chi connectivity index (χ1v) is 11.5. The minimum absolute atomic E-state index is 0.346. The molecule has 0 saturated carbocycles. The predicted octanol–water partition coefficient (Wildman–Crippen LogP) is 4.49. The van der Waals surface area contributed by atoms with Gasteiger partial charge in [-0.15, -0.1) is 0 Å². The molecule has 0 saturated heterocycles. The van der Waals surface area contributed by atoms with Crippen LogP contribution in [0.5, 0.6) is 0 Å². The predicted molar refractivity (Wildman–Crippen MR) is 77.0 cm³/mol. The fourth-order valence-electron chi connectivity index (χ4n) is 0.951. The van der Waals surface area contributed by atoms with Crippen molar-refractivity contribution in [2.75, 3.05) is 12.5 Å². The summed E-state index contributed by atoms with van der Waals surface area (Å²) in [4.78, 5) is 0. The van der Waals surface area contributed by atoms with Crippen LogP contribution in [0.2, 0.25) is 0 Å². The van der Waals surface area contributed by atoms with Crippen molar-refractivity contribution in [3.8, 4) is 0 Å². The van der Waals surface area contributed by atoms with Gasteiger partial charge in [-0.3, -0.25) is 4.21 Å². The van der Waals surface area contributed by atoms with Gasteiger partial charge < -0.3 is 0 Å². The minimum atomic E-state index is -0.611. The molecule has 1 rings (SSSR count). The van der Waals surface area contributed by atoms with E-state index in [1.165, 1.54) is 11.1 Å². The number of aryl methyl sites for hydroxylation is 1. The molecular weight excluding hydrogens is 364 g/mol. The van der Waals surface area contributed by atoms with Crippen LogP contribution in [-0.4, -0.2) is 16.7 Å². The third kappa shape index (κ3) is 16.6. The topological polar surface area (TPSA) is 17.1 Å². The summed E-state index contributed by atoms with van der Waals surface area (Å²) in [7, 11) is 9.10. The fourth-order valence-corrected chi connectivity index (χ4v) is 0.951. The van der Waals surface area contributed by atoms with Crippen molar-refractivity contribution in [1.82, 2.24) is 0 Å². The average Bonchev–Trinajstić information content (AvgIpc) is 2.18. The Labute approximate surface area is 123 Å². The Kier molecular flexibility index (Phi) is 15.2. The zero-order chi connectivity index (χ0) is 13.8. The average molecular weight is 384 g/mol. The normalized spacial score (nSPS) is 9.47. The molecule has 0 radical (unpaired) electrons. The van der Waals surface area contributed by atoms with Gasteiger partial charge in [0.25, 0.3) is 0 Å². The molecule has 0 heterocycles. The van der Waals surface area contributed by atoms with Gasteiger partial charge in [0.2, 0.25) is 0 Å². The van der Waals surface area contributed by atoms with Gasteiger partial charge in [0, 0.05) is 23.3 Å². The summed E-state index contributed by atoms with van der Waals surface area (Å²) in [5.74, 6) is 0.653. The Morgan fingerprint density at radius 2 is 1.41 bits per heavy atom. The molecule has 1 aromatic carbocycles. The molecule has 0 aliphatic rings. The van der Waals surface area contributed by atoms with E-state index in [0.29, 0.717) is 5.92 Å².